The van der Waals surface area contributed by atoms with Gasteiger partial charge in [0.2, 0.25) is 5.91 Å². The third kappa shape index (κ3) is 6.19. The van der Waals surface area contributed by atoms with Crippen molar-refractivity contribution in [3.8, 4) is 16.9 Å². The van der Waals surface area contributed by atoms with E-state index in [0.29, 0.717) is 6.61 Å². The van der Waals surface area contributed by atoms with Crippen molar-refractivity contribution < 1.29 is 14.3 Å². The van der Waals surface area contributed by atoms with Gasteiger partial charge in [-0.25, -0.2) is 0 Å². The molecule has 0 fully saturated rings. The monoisotopic (exact) mass is 355 g/mol. The highest BCUT2D eigenvalue weighted by Crippen LogP contribution is 2.24. The molecule has 0 bridgehead atoms. The van der Waals surface area contributed by atoms with E-state index >= 15 is 0 Å². The van der Waals surface area contributed by atoms with Gasteiger partial charge in [0, 0.05) is 20.1 Å². The fraction of sp³-hybridized carbons (Fsp3) is 0.409. The lowest BCUT2D eigenvalue weighted by atomic mass is 10.0. The summed E-state index contributed by atoms with van der Waals surface area (Å²) in [5, 5.41) is 2.91. The molecule has 2 unspecified atom stereocenters. The summed E-state index contributed by atoms with van der Waals surface area (Å²) in [6.45, 7) is 6.25. The van der Waals surface area contributed by atoms with Gasteiger partial charge in [-0.3, -0.25) is 4.79 Å². The van der Waals surface area contributed by atoms with Gasteiger partial charge in [-0.15, -0.1) is 0 Å². The first-order valence-corrected chi connectivity index (χ1v) is 9.14. The number of benzene rings is 2. The quantitative estimate of drug-likeness (QED) is 0.732. The van der Waals surface area contributed by atoms with E-state index < -0.39 is 0 Å². The van der Waals surface area contributed by atoms with E-state index in [9.17, 15) is 4.79 Å². The van der Waals surface area contributed by atoms with Crippen molar-refractivity contribution >= 4 is 5.91 Å². The van der Waals surface area contributed by atoms with E-state index in [2.05, 4.69) is 48.6 Å². The Balaban J connectivity index is 1.99. The molecular formula is C22H29NO3. The lowest BCUT2D eigenvalue weighted by molar-refractivity contribution is -0.119. The predicted octanol–water partition coefficient (Wildman–Crippen LogP) is 4.22. The standard InChI is InChI=1S/C22H29NO3/c1-5-21(15-25-4)26-22-12-10-20(11-13-22)19-8-6-18(7-9-19)14-16(2)23-17(3)24/h6-13,16,21H,5,14-15H2,1-4H3,(H,23,24). The van der Waals surface area contributed by atoms with Crippen LogP contribution in [0, 0.1) is 0 Å². The summed E-state index contributed by atoms with van der Waals surface area (Å²) in [6.07, 6.45) is 1.81. The highest BCUT2D eigenvalue weighted by atomic mass is 16.5. The Morgan fingerprint density at radius 1 is 1.04 bits per heavy atom. The maximum Gasteiger partial charge on any atom is 0.217 e. The van der Waals surface area contributed by atoms with Gasteiger partial charge in [0.05, 0.1) is 6.61 Å². The van der Waals surface area contributed by atoms with Crippen molar-refractivity contribution in [2.45, 2.75) is 45.8 Å². The molecule has 0 aromatic heterocycles. The van der Waals surface area contributed by atoms with Crippen LogP contribution in [0.15, 0.2) is 48.5 Å². The maximum atomic E-state index is 11.1. The summed E-state index contributed by atoms with van der Waals surface area (Å²) in [7, 11) is 1.69. The SMILES string of the molecule is CCC(COC)Oc1ccc(-c2ccc(CC(C)NC(C)=O)cc2)cc1. The van der Waals surface area contributed by atoms with Crippen LogP contribution in [0.1, 0.15) is 32.8 Å². The molecule has 26 heavy (non-hydrogen) atoms. The number of amides is 1. The second kappa shape index (κ2) is 9.97. The molecule has 0 saturated carbocycles. The van der Waals surface area contributed by atoms with Crippen molar-refractivity contribution in [3.63, 3.8) is 0 Å². The molecule has 2 aromatic carbocycles. The normalized spacial score (nSPS) is 13.1. The summed E-state index contributed by atoms with van der Waals surface area (Å²) in [6, 6.07) is 16.7. The number of ether oxygens (including phenoxy) is 2. The Kier molecular flexibility index (Phi) is 7.67. The molecular weight excluding hydrogens is 326 g/mol. The summed E-state index contributed by atoms with van der Waals surface area (Å²) >= 11 is 0. The largest absolute Gasteiger partial charge is 0.488 e. The van der Waals surface area contributed by atoms with Gasteiger partial charge in [0.1, 0.15) is 11.9 Å². The highest BCUT2D eigenvalue weighted by Gasteiger charge is 2.08. The van der Waals surface area contributed by atoms with Crippen molar-refractivity contribution in [1.82, 2.24) is 5.32 Å². The van der Waals surface area contributed by atoms with Gasteiger partial charge in [-0.2, -0.15) is 0 Å². The molecule has 1 N–H and O–H groups in total. The average molecular weight is 355 g/mol. The molecule has 4 nitrogen and oxygen atoms in total. The van der Waals surface area contributed by atoms with Crippen LogP contribution in [-0.4, -0.2) is 31.8 Å². The molecule has 1 amide bonds. The number of rotatable bonds is 9. The van der Waals surface area contributed by atoms with Gasteiger partial charge < -0.3 is 14.8 Å². The van der Waals surface area contributed by atoms with E-state index in [0.717, 1.165) is 29.7 Å². The van der Waals surface area contributed by atoms with Crippen LogP contribution in [-0.2, 0) is 16.0 Å². The molecule has 0 heterocycles. The van der Waals surface area contributed by atoms with Crippen LogP contribution < -0.4 is 10.1 Å². The third-order valence-electron chi connectivity index (χ3n) is 4.24. The molecule has 0 aliphatic heterocycles. The number of hydrogen-bond acceptors (Lipinski definition) is 3. The Morgan fingerprint density at radius 3 is 2.12 bits per heavy atom. The summed E-state index contributed by atoms with van der Waals surface area (Å²) < 4.78 is 11.1. The van der Waals surface area contributed by atoms with E-state index in [4.69, 9.17) is 9.47 Å². The zero-order valence-electron chi connectivity index (χ0n) is 16.1. The lowest BCUT2D eigenvalue weighted by Crippen LogP contribution is -2.31. The fourth-order valence-electron chi connectivity index (χ4n) is 2.92. The molecule has 0 aliphatic rings. The molecule has 0 saturated heterocycles. The van der Waals surface area contributed by atoms with Crippen molar-refractivity contribution in [2.75, 3.05) is 13.7 Å². The van der Waals surface area contributed by atoms with Crippen LogP contribution in [0.2, 0.25) is 0 Å². The van der Waals surface area contributed by atoms with Crippen molar-refractivity contribution in [1.29, 1.82) is 0 Å². The Hall–Kier alpha value is -2.33. The first-order chi connectivity index (χ1) is 12.5. The Bertz CT molecular complexity index is 680. The minimum Gasteiger partial charge on any atom is -0.488 e. The first-order valence-electron chi connectivity index (χ1n) is 9.14. The molecule has 4 heteroatoms. The number of methoxy groups -OCH3 is 1. The van der Waals surface area contributed by atoms with Crippen LogP contribution >= 0.6 is 0 Å². The molecule has 0 aliphatic carbocycles. The van der Waals surface area contributed by atoms with Gasteiger partial charge in [-0.05, 0) is 48.6 Å². The van der Waals surface area contributed by atoms with Crippen LogP contribution in [0.3, 0.4) is 0 Å². The van der Waals surface area contributed by atoms with Crippen LogP contribution in [0.4, 0.5) is 0 Å². The van der Waals surface area contributed by atoms with Gasteiger partial charge in [0.25, 0.3) is 0 Å². The maximum absolute atomic E-state index is 11.1. The molecule has 2 rings (SSSR count). The predicted molar refractivity (Wildman–Crippen MR) is 105 cm³/mol. The smallest absolute Gasteiger partial charge is 0.217 e. The van der Waals surface area contributed by atoms with E-state index in [1.807, 2.05) is 19.1 Å². The van der Waals surface area contributed by atoms with Gasteiger partial charge in [0.15, 0.2) is 0 Å². The third-order valence-corrected chi connectivity index (χ3v) is 4.24. The fourth-order valence-corrected chi connectivity index (χ4v) is 2.92. The zero-order valence-corrected chi connectivity index (χ0v) is 16.1. The molecule has 0 spiro atoms. The first kappa shape index (κ1) is 20.0. The Labute approximate surface area is 156 Å². The van der Waals surface area contributed by atoms with Gasteiger partial charge >= 0.3 is 0 Å². The molecule has 0 radical (unpaired) electrons. The van der Waals surface area contributed by atoms with Crippen LogP contribution in [0.25, 0.3) is 11.1 Å². The summed E-state index contributed by atoms with van der Waals surface area (Å²) in [5.41, 5.74) is 3.52. The molecule has 2 aromatic rings. The summed E-state index contributed by atoms with van der Waals surface area (Å²) in [4.78, 5) is 11.1. The number of hydrogen-bond donors (Lipinski definition) is 1. The highest BCUT2D eigenvalue weighted by molar-refractivity contribution is 5.73. The molecule has 140 valence electrons. The van der Waals surface area contributed by atoms with Gasteiger partial charge in [-0.1, -0.05) is 43.3 Å². The number of nitrogens with one attached hydrogen (secondary N) is 1. The number of carbonyl (C=O) groups is 1. The van der Waals surface area contributed by atoms with E-state index in [1.54, 1.807) is 14.0 Å². The van der Waals surface area contributed by atoms with Crippen LogP contribution in [0.5, 0.6) is 5.75 Å². The summed E-state index contributed by atoms with van der Waals surface area (Å²) in [5.74, 6) is 0.866. The zero-order chi connectivity index (χ0) is 18.9. The van der Waals surface area contributed by atoms with Crippen molar-refractivity contribution in [3.05, 3.63) is 54.1 Å². The van der Waals surface area contributed by atoms with E-state index in [-0.39, 0.29) is 18.1 Å². The average Bonchev–Trinajstić information content (AvgIpc) is 2.62. The minimum atomic E-state index is 0.00670. The second-order valence-corrected chi connectivity index (χ2v) is 6.63. The molecule has 2 atom stereocenters. The van der Waals surface area contributed by atoms with E-state index in [1.165, 1.54) is 5.56 Å². The van der Waals surface area contributed by atoms with Crippen molar-refractivity contribution in [2.24, 2.45) is 0 Å². The second-order valence-electron chi connectivity index (χ2n) is 6.63. The number of carbonyl (C=O) groups excluding carboxylic acids is 1. The minimum absolute atomic E-state index is 0.00670. The Morgan fingerprint density at radius 2 is 1.62 bits per heavy atom. The lowest BCUT2D eigenvalue weighted by Gasteiger charge is -2.17. The topological polar surface area (TPSA) is 47.6 Å².